The molecule has 1 saturated carbocycles. The molecule has 7 nitrogen and oxygen atoms in total. The Bertz CT molecular complexity index is 878. The monoisotopic (exact) mass is 442 g/mol. The van der Waals surface area contributed by atoms with Crippen LogP contribution in [0.5, 0.6) is 0 Å². The fourth-order valence-corrected chi connectivity index (χ4v) is 4.41. The quantitative estimate of drug-likeness (QED) is 0.620. The van der Waals surface area contributed by atoms with Gasteiger partial charge in [-0.1, -0.05) is 49.6 Å². The first-order chi connectivity index (χ1) is 15.0. The van der Waals surface area contributed by atoms with Gasteiger partial charge in [0.05, 0.1) is 12.2 Å². The van der Waals surface area contributed by atoms with E-state index in [2.05, 4.69) is 15.6 Å². The number of thiazole rings is 1. The van der Waals surface area contributed by atoms with Crippen molar-refractivity contribution in [3.05, 3.63) is 47.0 Å². The van der Waals surface area contributed by atoms with Crippen LogP contribution in [0.3, 0.4) is 0 Å². The van der Waals surface area contributed by atoms with E-state index in [1.165, 1.54) is 22.7 Å². The van der Waals surface area contributed by atoms with Crippen molar-refractivity contribution in [2.75, 3.05) is 11.9 Å². The van der Waals surface area contributed by atoms with Crippen LogP contribution in [0.15, 0.2) is 35.7 Å². The highest BCUT2D eigenvalue weighted by Crippen LogP contribution is 2.18. The molecular formula is C23H30N4O3S. The fraction of sp³-hybridized carbons (Fsp3) is 0.478. The van der Waals surface area contributed by atoms with Gasteiger partial charge in [0.15, 0.2) is 5.13 Å². The average Bonchev–Trinajstić information content (AvgIpc) is 3.17. The molecule has 2 N–H and O–H groups in total. The van der Waals surface area contributed by atoms with Crippen LogP contribution in [-0.4, -0.2) is 40.2 Å². The van der Waals surface area contributed by atoms with Crippen molar-refractivity contribution < 1.29 is 14.4 Å². The number of hydrogen-bond acceptors (Lipinski definition) is 5. The van der Waals surface area contributed by atoms with E-state index in [1.54, 1.807) is 0 Å². The number of hydrogen-bond donors (Lipinski definition) is 2. The Kier molecular flexibility index (Phi) is 8.58. The van der Waals surface area contributed by atoms with Gasteiger partial charge >= 0.3 is 0 Å². The minimum atomic E-state index is -0.256. The summed E-state index contributed by atoms with van der Waals surface area (Å²) in [6.45, 7) is 2.19. The molecular weight excluding hydrogens is 412 g/mol. The molecule has 31 heavy (non-hydrogen) atoms. The van der Waals surface area contributed by atoms with Crippen LogP contribution in [0.25, 0.3) is 0 Å². The maximum Gasteiger partial charge on any atom is 0.239 e. The Hall–Kier alpha value is -2.74. The lowest BCUT2D eigenvalue weighted by molar-refractivity contribution is -0.137. The molecule has 1 aromatic carbocycles. The predicted molar refractivity (Wildman–Crippen MR) is 122 cm³/mol. The summed E-state index contributed by atoms with van der Waals surface area (Å²) in [5, 5.41) is 8.18. The summed E-state index contributed by atoms with van der Waals surface area (Å²) in [7, 11) is 0. The van der Waals surface area contributed by atoms with Crippen LogP contribution in [0, 0.1) is 6.92 Å². The van der Waals surface area contributed by atoms with Crippen LogP contribution in [0.4, 0.5) is 5.13 Å². The van der Waals surface area contributed by atoms with Crippen LogP contribution in [-0.2, 0) is 20.9 Å². The largest absolute Gasteiger partial charge is 0.352 e. The zero-order chi connectivity index (χ0) is 22.1. The van der Waals surface area contributed by atoms with E-state index in [0.29, 0.717) is 11.7 Å². The standard InChI is InChI=1S/C23H30N4O3S/c1-17-16-31-23(24-17)26-20(28)12-13-22(30)27(14-18-8-4-2-5-9-18)15-21(29)25-19-10-6-3-7-11-19/h2,4-5,8-9,16,19H,3,6-7,10-15H2,1H3,(H,25,29)(H,24,26,28). The van der Waals surface area contributed by atoms with Crippen molar-refractivity contribution in [1.29, 1.82) is 0 Å². The maximum atomic E-state index is 12.9. The lowest BCUT2D eigenvalue weighted by atomic mass is 9.95. The molecule has 0 aliphatic heterocycles. The zero-order valence-electron chi connectivity index (χ0n) is 17.9. The highest BCUT2D eigenvalue weighted by molar-refractivity contribution is 7.13. The smallest absolute Gasteiger partial charge is 0.239 e. The number of rotatable bonds is 9. The number of amides is 3. The van der Waals surface area contributed by atoms with Gasteiger partial charge in [0.2, 0.25) is 17.7 Å². The first-order valence-electron chi connectivity index (χ1n) is 10.8. The van der Waals surface area contributed by atoms with Gasteiger partial charge in [-0.05, 0) is 25.3 Å². The Morgan fingerprint density at radius 1 is 1.06 bits per heavy atom. The highest BCUT2D eigenvalue weighted by Gasteiger charge is 2.21. The number of nitrogens with one attached hydrogen (secondary N) is 2. The zero-order valence-corrected chi connectivity index (χ0v) is 18.7. The Labute approximate surface area is 187 Å². The first kappa shape index (κ1) is 22.9. The number of benzene rings is 1. The number of anilines is 1. The summed E-state index contributed by atoms with van der Waals surface area (Å²) in [4.78, 5) is 43.4. The van der Waals surface area contributed by atoms with E-state index >= 15 is 0 Å². The van der Waals surface area contributed by atoms with Gasteiger partial charge in [-0.15, -0.1) is 11.3 Å². The summed E-state index contributed by atoms with van der Waals surface area (Å²) in [6, 6.07) is 9.78. The third-order valence-corrected chi connectivity index (χ3v) is 6.18. The molecule has 0 saturated heterocycles. The summed E-state index contributed by atoms with van der Waals surface area (Å²) in [5.74, 6) is -0.610. The number of carbonyl (C=O) groups excluding carboxylic acids is 3. The molecule has 0 bridgehead atoms. The van der Waals surface area contributed by atoms with Gasteiger partial charge in [-0.2, -0.15) is 0 Å². The molecule has 0 atom stereocenters. The van der Waals surface area contributed by atoms with Gasteiger partial charge in [0, 0.05) is 30.8 Å². The third-order valence-electron chi connectivity index (χ3n) is 5.31. The van der Waals surface area contributed by atoms with Crippen LogP contribution in [0.1, 0.15) is 56.2 Å². The molecule has 1 aliphatic carbocycles. The normalized spacial score (nSPS) is 14.1. The molecule has 8 heteroatoms. The molecule has 1 heterocycles. The summed E-state index contributed by atoms with van der Waals surface area (Å²) in [5.41, 5.74) is 1.79. The topological polar surface area (TPSA) is 91.4 Å². The summed E-state index contributed by atoms with van der Waals surface area (Å²) < 4.78 is 0. The van der Waals surface area contributed by atoms with Crippen LogP contribution >= 0.6 is 11.3 Å². The van der Waals surface area contributed by atoms with Crippen molar-refractivity contribution in [3.8, 4) is 0 Å². The Morgan fingerprint density at radius 2 is 1.81 bits per heavy atom. The van der Waals surface area contributed by atoms with E-state index in [9.17, 15) is 14.4 Å². The van der Waals surface area contributed by atoms with Gasteiger partial charge in [0.1, 0.15) is 0 Å². The van der Waals surface area contributed by atoms with Crippen molar-refractivity contribution in [1.82, 2.24) is 15.2 Å². The Morgan fingerprint density at radius 3 is 2.48 bits per heavy atom. The number of carbonyl (C=O) groups is 3. The second-order valence-electron chi connectivity index (χ2n) is 7.98. The predicted octanol–water partition coefficient (Wildman–Crippen LogP) is 3.65. The minimum absolute atomic E-state index is 0.00246. The summed E-state index contributed by atoms with van der Waals surface area (Å²) >= 11 is 1.35. The molecule has 166 valence electrons. The molecule has 1 fully saturated rings. The molecule has 3 amide bonds. The second kappa shape index (κ2) is 11.6. The van der Waals surface area contributed by atoms with Crippen molar-refractivity contribution >= 4 is 34.2 Å². The third kappa shape index (κ3) is 7.79. The van der Waals surface area contributed by atoms with E-state index in [-0.39, 0.29) is 43.1 Å². The molecule has 1 aromatic heterocycles. The average molecular weight is 443 g/mol. The second-order valence-corrected chi connectivity index (χ2v) is 8.84. The molecule has 0 unspecified atom stereocenters. The van der Waals surface area contributed by atoms with Crippen LogP contribution < -0.4 is 10.6 Å². The van der Waals surface area contributed by atoms with E-state index in [1.807, 2.05) is 42.6 Å². The van der Waals surface area contributed by atoms with Gasteiger partial charge in [-0.25, -0.2) is 4.98 Å². The number of aromatic nitrogens is 1. The van der Waals surface area contributed by atoms with Gasteiger partial charge < -0.3 is 15.5 Å². The maximum absolute atomic E-state index is 12.9. The minimum Gasteiger partial charge on any atom is -0.352 e. The SMILES string of the molecule is Cc1csc(NC(=O)CCC(=O)N(CC(=O)NC2CCCCC2)Cc2ccccc2)n1. The molecule has 3 rings (SSSR count). The van der Waals surface area contributed by atoms with E-state index in [0.717, 1.165) is 36.9 Å². The molecule has 2 aromatic rings. The lowest BCUT2D eigenvalue weighted by Gasteiger charge is -2.26. The van der Waals surface area contributed by atoms with Crippen molar-refractivity contribution in [2.24, 2.45) is 0 Å². The highest BCUT2D eigenvalue weighted by atomic mass is 32.1. The van der Waals surface area contributed by atoms with Crippen molar-refractivity contribution in [2.45, 2.75) is 64.5 Å². The lowest BCUT2D eigenvalue weighted by Crippen LogP contribution is -2.44. The molecule has 1 aliphatic rings. The van der Waals surface area contributed by atoms with Gasteiger partial charge in [-0.3, -0.25) is 14.4 Å². The van der Waals surface area contributed by atoms with Gasteiger partial charge in [0.25, 0.3) is 0 Å². The Balaban J connectivity index is 1.55. The fourth-order valence-electron chi connectivity index (χ4n) is 3.70. The van der Waals surface area contributed by atoms with E-state index in [4.69, 9.17) is 0 Å². The van der Waals surface area contributed by atoms with E-state index < -0.39 is 0 Å². The number of aryl methyl sites for hydroxylation is 1. The van der Waals surface area contributed by atoms with Crippen LogP contribution in [0.2, 0.25) is 0 Å². The molecule has 0 radical (unpaired) electrons. The molecule has 0 spiro atoms. The first-order valence-corrected chi connectivity index (χ1v) is 11.7. The van der Waals surface area contributed by atoms with Crippen molar-refractivity contribution in [3.63, 3.8) is 0 Å². The number of nitrogens with zero attached hydrogens (tertiary/aromatic N) is 2. The summed E-state index contributed by atoms with van der Waals surface area (Å²) in [6.07, 6.45) is 5.56.